The highest BCUT2D eigenvalue weighted by Crippen LogP contribution is 2.40. The molecule has 2 aliphatic rings. The molecule has 2 aromatic rings. The van der Waals surface area contributed by atoms with Crippen LogP contribution in [-0.4, -0.2) is 43.9 Å². The molecule has 7 nitrogen and oxygen atoms in total. The van der Waals surface area contributed by atoms with Crippen LogP contribution in [0.2, 0.25) is 0 Å². The van der Waals surface area contributed by atoms with Gasteiger partial charge in [0.15, 0.2) is 15.9 Å². The lowest BCUT2D eigenvalue weighted by Crippen LogP contribution is -2.37. The number of fused-ring (bicyclic) bond motifs is 1. The molecule has 1 saturated heterocycles. The van der Waals surface area contributed by atoms with Crippen LogP contribution in [0.1, 0.15) is 47.5 Å². The molecule has 3 atom stereocenters. The number of ether oxygens (including phenoxy) is 1. The number of nitrogens with one attached hydrogen (secondary N) is 2. The van der Waals surface area contributed by atoms with Crippen LogP contribution in [0, 0.1) is 11.7 Å². The predicted molar refractivity (Wildman–Crippen MR) is 125 cm³/mol. The maximum atomic E-state index is 13.2. The second-order valence-corrected chi connectivity index (χ2v) is 12.2. The van der Waals surface area contributed by atoms with Crippen LogP contribution in [-0.2, 0) is 27.5 Å². The summed E-state index contributed by atoms with van der Waals surface area (Å²) in [5.41, 5.74) is 1.35. The van der Waals surface area contributed by atoms with Crippen molar-refractivity contribution >= 4 is 38.0 Å². The van der Waals surface area contributed by atoms with Gasteiger partial charge in [0.2, 0.25) is 0 Å². The predicted octanol–water partition coefficient (Wildman–Crippen LogP) is 3.33. The summed E-state index contributed by atoms with van der Waals surface area (Å²) < 4.78 is 42.3. The zero-order chi connectivity index (χ0) is 23.8. The standard InChI is InChI=1S/C23H27FN2O5S2/c1-13-3-8-18-19(11-13)32-23(20(18)22(28)25-16-9-10-33(29,30)12-16)26-21(27)14(2)31-17-6-4-15(24)5-7-17/h4-7,13-14,16H,3,8-12H2,1-2H3,(H,25,28)(H,26,27)/t13-,14-,16+/m0/s1. The summed E-state index contributed by atoms with van der Waals surface area (Å²) in [7, 11) is -3.13. The highest BCUT2D eigenvalue weighted by Gasteiger charge is 2.33. The van der Waals surface area contributed by atoms with Gasteiger partial charge < -0.3 is 15.4 Å². The van der Waals surface area contributed by atoms with E-state index < -0.39 is 33.7 Å². The normalized spacial score (nSPS) is 22.3. The van der Waals surface area contributed by atoms with E-state index in [2.05, 4.69) is 17.6 Å². The minimum Gasteiger partial charge on any atom is -0.481 e. The average Bonchev–Trinajstić information content (AvgIpc) is 3.27. The molecule has 0 unspecified atom stereocenters. The first-order valence-corrected chi connectivity index (χ1v) is 13.6. The molecule has 33 heavy (non-hydrogen) atoms. The largest absolute Gasteiger partial charge is 0.481 e. The molecular formula is C23H27FN2O5S2. The lowest BCUT2D eigenvalue weighted by molar-refractivity contribution is -0.122. The summed E-state index contributed by atoms with van der Waals surface area (Å²) in [5.74, 6) is -0.334. The van der Waals surface area contributed by atoms with Crippen molar-refractivity contribution < 1.29 is 27.1 Å². The Morgan fingerprint density at radius 1 is 1.21 bits per heavy atom. The van der Waals surface area contributed by atoms with E-state index in [1.54, 1.807) is 6.92 Å². The Kier molecular flexibility index (Phi) is 6.76. The molecule has 2 amide bonds. The van der Waals surface area contributed by atoms with Crippen LogP contribution < -0.4 is 15.4 Å². The van der Waals surface area contributed by atoms with Gasteiger partial charge in [0.1, 0.15) is 16.6 Å². The van der Waals surface area contributed by atoms with Gasteiger partial charge in [-0.15, -0.1) is 11.3 Å². The fourth-order valence-corrected chi connectivity index (χ4v) is 7.31. The van der Waals surface area contributed by atoms with Gasteiger partial charge in [-0.05, 0) is 68.4 Å². The molecule has 1 aliphatic heterocycles. The second-order valence-electron chi connectivity index (χ2n) is 8.83. The van der Waals surface area contributed by atoms with Crippen LogP contribution in [0.25, 0.3) is 0 Å². The molecule has 0 radical (unpaired) electrons. The number of anilines is 1. The highest BCUT2D eigenvalue weighted by molar-refractivity contribution is 7.91. The SMILES string of the molecule is C[C@H]1CCc2c(sc(NC(=O)[C@H](C)Oc3ccc(F)cc3)c2C(=O)N[C@@H]2CCS(=O)(=O)C2)C1. The second kappa shape index (κ2) is 9.42. The fraction of sp³-hybridized carbons (Fsp3) is 0.478. The number of hydrogen-bond donors (Lipinski definition) is 2. The third-order valence-corrected chi connectivity index (χ3v) is 8.98. The summed E-state index contributed by atoms with van der Waals surface area (Å²) in [4.78, 5) is 27.1. The Bertz CT molecular complexity index is 1160. The van der Waals surface area contributed by atoms with Crippen LogP contribution >= 0.6 is 11.3 Å². The van der Waals surface area contributed by atoms with E-state index in [4.69, 9.17) is 4.74 Å². The lowest BCUT2D eigenvalue weighted by atomic mass is 9.88. The number of rotatable bonds is 6. The Labute approximate surface area is 196 Å². The quantitative estimate of drug-likeness (QED) is 0.642. The number of halogens is 1. The van der Waals surface area contributed by atoms with Crippen molar-refractivity contribution in [3.63, 3.8) is 0 Å². The van der Waals surface area contributed by atoms with Crippen LogP contribution in [0.5, 0.6) is 5.75 Å². The maximum absolute atomic E-state index is 13.2. The molecule has 2 heterocycles. The summed E-state index contributed by atoms with van der Waals surface area (Å²) in [6, 6.07) is 4.96. The number of amides is 2. The minimum absolute atomic E-state index is 0.0632. The first kappa shape index (κ1) is 23.7. The Balaban J connectivity index is 1.53. The number of thiophene rings is 1. The van der Waals surface area contributed by atoms with E-state index in [1.807, 2.05) is 0 Å². The van der Waals surface area contributed by atoms with E-state index >= 15 is 0 Å². The smallest absolute Gasteiger partial charge is 0.265 e. The number of carbonyl (C=O) groups excluding carboxylic acids is 2. The molecule has 1 fully saturated rings. The summed E-state index contributed by atoms with van der Waals surface area (Å²) in [6.07, 6.45) is 2.02. The zero-order valence-corrected chi connectivity index (χ0v) is 20.2. The van der Waals surface area contributed by atoms with Crippen LogP contribution in [0.3, 0.4) is 0 Å². The third kappa shape index (κ3) is 5.55. The monoisotopic (exact) mass is 494 g/mol. The summed E-state index contributed by atoms with van der Waals surface area (Å²) >= 11 is 1.39. The highest BCUT2D eigenvalue weighted by atomic mass is 32.2. The van der Waals surface area contributed by atoms with E-state index in [-0.39, 0.29) is 17.4 Å². The van der Waals surface area contributed by atoms with Crippen molar-refractivity contribution in [3.05, 3.63) is 46.1 Å². The van der Waals surface area contributed by atoms with Gasteiger partial charge in [-0.1, -0.05) is 6.92 Å². The molecule has 2 N–H and O–H groups in total. The maximum Gasteiger partial charge on any atom is 0.265 e. The van der Waals surface area contributed by atoms with Gasteiger partial charge in [0, 0.05) is 10.9 Å². The number of hydrogen-bond acceptors (Lipinski definition) is 6. The van der Waals surface area contributed by atoms with Gasteiger partial charge in [0.25, 0.3) is 11.8 Å². The molecular weight excluding hydrogens is 467 g/mol. The van der Waals surface area contributed by atoms with Crippen LogP contribution in [0.4, 0.5) is 9.39 Å². The van der Waals surface area contributed by atoms with Crippen molar-refractivity contribution in [1.82, 2.24) is 5.32 Å². The third-order valence-electron chi connectivity index (χ3n) is 6.04. The molecule has 1 aromatic heterocycles. The van der Waals surface area contributed by atoms with E-state index in [0.29, 0.717) is 28.7 Å². The molecule has 1 aromatic carbocycles. The van der Waals surface area contributed by atoms with Crippen LogP contribution in [0.15, 0.2) is 24.3 Å². The van der Waals surface area contributed by atoms with Gasteiger partial charge in [0.05, 0.1) is 17.1 Å². The molecule has 178 valence electrons. The molecule has 4 rings (SSSR count). The first-order chi connectivity index (χ1) is 15.6. The van der Waals surface area contributed by atoms with Crippen molar-refractivity contribution in [3.8, 4) is 5.75 Å². The Morgan fingerprint density at radius 2 is 1.94 bits per heavy atom. The van der Waals surface area contributed by atoms with E-state index in [9.17, 15) is 22.4 Å². The Morgan fingerprint density at radius 3 is 2.61 bits per heavy atom. The lowest BCUT2D eigenvalue weighted by Gasteiger charge is -2.19. The number of carbonyl (C=O) groups is 2. The Hall–Kier alpha value is -2.46. The van der Waals surface area contributed by atoms with Gasteiger partial charge in [-0.2, -0.15) is 0 Å². The summed E-state index contributed by atoms with van der Waals surface area (Å²) in [5, 5.41) is 6.15. The topological polar surface area (TPSA) is 102 Å². The molecule has 10 heteroatoms. The average molecular weight is 495 g/mol. The number of benzene rings is 1. The van der Waals surface area contributed by atoms with E-state index in [0.717, 1.165) is 29.7 Å². The van der Waals surface area contributed by atoms with Crippen molar-refractivity contribution in [2.24, 2.45) is 5.92 Å². The number of sulfone groups is 1. The molecule has 0 bridgehead atoms. The van der Waals surface area contributed by atoms with Crippen molar-refractivity contribution in [2.45, 2.75) is 51.7 Å². The minimum atomic E-state index is -3.13. The molecule has 1 aliphatic carbocycles. The van der Waals surface area contributed by atoms with Crippen molar-refractivity contribution in [1.29, 1.82) is 0 Å². The van der Waals surface area contributed by atoms with E-state index in [1.165, 1.54) is 35.6 Å². The summed E-state index contributed by atoms with van der Waals surface area (Å²) in [6.45, 7) is 3.74. The fourth-order valence-electron chi connectivity index (χ4n) is 4.23. The molecule has 0 saturated carbocycles. The van der Waals surface area contributed by atoms with Crippen molar-refractivity contribution in [2.75, 3.05) is 16.8 Å². The first-order valence-electron chi connectivity index (χ1n) is 11.0. The van der Waals surface area contributed by atoms with Gasteiger partial charge in [-0.25, -0.2) is 12.8 Å². The zero-order valence-electron chi connectivity index (χ0n) is 18.5. The van der Waals surface area contributed by atoms with Gasteiger partial charge in [-0.3, -0.25) is 9.59 Å². The van der Waals surface area contributed by atoms with Gasteiger partial charge >= 0.3 is 0 Å². The molecule has 0 spiro atoms.